The minimum Gasteiger partial charge on any atom is -0.399 e. The number of aromatic nitrogens is 4. The minimum atomic E-state index is -0.545. The van der Waals surface area contributed by atoms with Crippen LogP contribution in [0.15, 0.2) is 164 Å². The molecule has 1 fully saturated rings. The van der Waals surface area contributed by atoms with Gasteiger partial charge in [-0.2, -0.15) is 0 Å². The van der Waals surface area contributed by atoms with Crippen LogP contribution in [0, 0.1) is 0 Å². The monoisotopic (exact) mass is 726 g/mol. The van der Waals surface area contributed by atoms with Gasteiger partial charge in [-0.15, -0.1) is 0 Å². The number of nitrogens with zero attached hydrogens (tertiary/aromatic N) is 4. The molecule has 2 aromatic heterocycles. The molecule has 9 aromatic rings. The Labute approximate surface area is 326 Å². The Morgan fingerprint density at radius 2 is 0.946 bits per heavy atom. The number of benzene rings is 7. The maximum Gasteiger partial charge on any atom is 0.495 e. The minimum absolute atomic E-state index is 0.489. The predicted molar refractivity (Wildman–Crippen MR) is 229 cm³/mol. The third-order valence-corrected chi connectivity index (χ3v) is 11.5. The lowest BCUT2D eigenvalue weighted by molar-refractivity contribution is 0.00578. The lowest BCUT2D eigenvalue weighted by Gasteiger charge is -2.32. The van der Waals surface area contributed by atoms with Crippen molar-refractivity contribution in [2.45, 2.75) is 38.9 Å². The van der Waals surface area contributed by atoms with Crippen molar-refractivity contribution >= 4 is 45.2 Å². The fourth-order valence-corrected chi connectivity index (χ4v) is 7.78. The van der Waals surface area contributed by atoms with E-state index in [-0.39, 0.29) is 0 Å². The first-order valence-corrected chi connectivity index (χ1v) is 19.1. The molecule has 1 aliphatic heterocycles. The molecule has 7 heteroatoms. The Hall–Kier alpha value is -6.41. The van der Waals surface area contributed by atoms with Crippen LogP contribution in [0.1, 0.15) is 27.7 Å². The van der Waals surface area contributed by atoms with E-state index in [0.29, 0.717) is 17.5 Å². The number of hydrogen-bond donors (Lipinski definition) is 0. The molecule has 270 valence electrons. The van der Waals surface area contributed by atoms with E-state index < -0.39 is 18.3 Å². The summed E-state index contributed by atoms with van der Waals surface area (Å²) in [6.45, 7) is 8.39. The number of fused-ring (bicyclic) bond motifs is 4. The third kappa shape index (κ3) is 5.79. The quantitative estimate of drug-likeness (QED) is 0.160. The number of hydrogen-bond acceptors (Lipinski definition) is 5. The molecule has 1 saturated heterocycles. The lowest BCUT2D eigenvalue weighted by Crippen LogP contribution is -2.41. The van der Waals surface area contributed by atoms with E-state index in [0.717, 1.165) is 50.0 Å². The zero-order valence-electron chi connectivity index (χ0n) is 31.8. The molecule has 6 nitrogen and oxygen atoms in total. The molecule has 0 atom stereocenters. The molecule has 0 radical (unpaired) electrons. The van der Waals surface area contributed by atoms with Gasteiger partial charge in [-0.1, -0.05) is 133 Å². The Kier molecular flexibility index (Phi) is 7.99. The van der Waals surface area contributed by atoms with E-state index in [4.69, 9.17) is 24.3 Å². The molecular weight excluding hydrogens is 687 g/mol. The molecule has 56 heavy (non-hydrogen) atoms. The van der Waals surface area contributed by atoms with Crippen LogP contribution >= 0.6 is 0 Å². The topological polar surface area (TPSA) is 62.1 Å². The van der Waals surface area contributed by atoms with E-state index >= 15 is 0 Å². The first kappa shape index (κ1) is 34.1. The van der Waals surface area contributed by atoms with E-state index in [1.54, 1.807) is 0 Å². The summed E-state index contributed by atoms with van der Waals surface area (Å²) in [7, 11) is -0.545. The van der Waals surface area contributed by atoms with Gasteiger partial charge in [0.05, 0.1) is 22.2 Å². The first-order valence-electron chi connectivity index (χ1n) is 19.1. The van der Waals surface area contributed by atoms with Gasteiger partial charge < -0.3 is 13.9 Å². The highest BCUT2D eigenvalue weighted by molar-refractivity contribution is 6.64. The largest absolute Gasteiger partial charge is 0.495 e. The maximum absolute atomic E-state index is 6.68. The second kappa shape index (κ2) is 13.1. The van der Waals surface area contributed by atoms with Crippen LogP contribution in [-0.2, 0) is 9.31 Å². The van der Waals surface area contributed by atoms with Gasteiger partial charge >= 0.3 is 7.12 Å². The molecule has 0 aliphatic carbocycles. The Morgan fingerprint density at radius 3 is 1.55 bits per heavy atom. The smallest absolute Gasteiger partial charge is 0.399 e. The van der Waals surface area contributed by atoms with E-state index in [2.05, 4.69) is 135 Å². The van der Waals surface area contributed by atoms with Crippen LogP contribution in [0.25, 0.3) is 83.6 Å². The van der Waals surface area contributed by atoms with Crippen LogP contribution in [0.4, 0.5) is 0 Å². The molecule has 3 heterocycles. The van der Waals surface area contributed by atoms with Crippen molar-refractivity contribution in [3.05, 3.63) is 164 Å². The van der Waals surface area contributed by atoms with Crippen molar-refractivity contribution in [1.29, 1.82) is 0 Å². The maximum atomic E-state index is 6.68. The van der Waals surface area contributed by atoms with Crippen molar-refractivity contribution in [2.75, 3.05) is 0 Å². The second-order valence-electron chi connectivity index (χ2n) is 15.5. The van der Waals surface area contributed by atoms with E-state index in [1.807, 2.05) is 60.7 Å². The summed E-state index contributed by atoms with van der Waals surface area (Å²) in [5.74, 6) is 1.88. The normalized spacial score (nSPS) is 14.9. The van der Waals surface area contributed by atoms with Crippen LogP contribution in [0.5, 0.6) is 0 Å². The molecule has 10 rings (SSSR count). The highest BCUT2D eigenvalue weighted by Crippen LogP contribution is 2.39. The fourth-order valence-electron chi connectivity index (χ4n) is 7.78. The molecule has 0 unspecified atom stereocenters. The van der Waals surface area contributed by atoms with Crippen LogP contribution in [0.3, 0.4) is 0 Å². The Balaban J connectivity index is 1.13. The standard InChI is InChI=1S/C49H39BN4O2/c1-48(2)49(3,4)56-50(55-48)42-28-27-38(54-43-22-14-13-21-39(43)41-29-36-19-11-12-20-37(36)30-44(41)54)31-40(42)32-23-25-35(26-24-32)47-52-45(33-15-7-5-8-16-33)51-46(53-47)34-17-9-6-10-18-34/h5-31H,1-4H3. The summed E-state index contributed by atoms with van der Waals surface area (Å²) in [5.41, 5.74) is 8.21. The number of rotatable bonds is 6. The Morgan fingerprint density at radius 1 is 0.446 bits per heavy atom. The molecule has 1 aliphatic rings. The van der Waals surface area contributed by atoms with Crippen LogP contribution < -0.4 is 5.46 Å². The summed E-state index contributed by atoms with van der Waals surface area (Å²) in [4.78, 5) is 14.8. The lowest BCUT2D eigenvalue weighted by atomic mass is 9.74. The molecular formula is C49H39BN4O2. The highest BCUT2D eigenvalue weighted by atomic mass is 16.7. The fraction of sp³-hybridized carbons (Fsp3) is 0.122. The van der Waals surface area contributed by atoms with E-state index in [9.17, 15) is 0 Å². The average Bonchev–Trinajstić information content (AvgIpc) is 3.67. The summed E-state index contributed by atoms with van der Waals surface area (Å²) in [5, 5.41) is 4.88. The van der Waals surface area contributed by atoms with Gasteiger partial charge in [0.1, 0.15) is 0 Å². The average molecular weight is 727 g/mol. The van der Waals surface area contributed by atoms with Gasteiger partial charge in [-0.25, -0.2) is 15.0 Å². The number of para-hydroxylation sites is 1. The highest BCUT2D eigenvalue weighted by Gasteiger charge is 2.52. The van der Waals surface area contributed by atoms with Crippen LogP contribution in [0.2, 0.25) is 0 Å². The molecule has 0 spiro atoms. The molecule has 7 aromatic carbocycles. The summed E-state index contributed by atoms with van der Waals surface area (Å²) in [6, 6.07) is 57.1. The molecule has 0 bridgehead atoms. The SMILES string of the molecule is CC1(C)OB(c2ccc(-n3c4ccccc4c4cc5ccccc5cc43)cc2-c2ccc(-c3nc(-c4ccccc4)nc(-c4ccccc4)n3)cc2)OC1(C)C. The van der Waals surface area contributed by atoms with Gasteiger partial charge in [-0.05, 0) is 85.4 Å². The van der Waals surface area contributed by atoms with Crippen LogP contribution in [-0.4, -0.2) is 37.8 Å². The van der Waals surface area contributed by atoms with Gasteiger partial charge in [0.15, 0.2) is 17.5 Å². The summed E-state index contributed by atoms with van der Waals surface area (Å²) >= 11 is 0. The zero-order valence-corrected chi connectivity index (χ0v) is 31.8. The van der Waals surface area contributed by atoms with Crippen molar-refractivity contribution in [1.82, 2.24) is 19.5 Å². The van der Waals surface area contributed by atoms with Gasteiger partial charge in [-0.3, -0.25) is 0 Å². The van der Waals surface area contributed by atoms with Crippen molar-refractivity contribution < 1.29 is 9.31 Å². The molecule has 0 N–H and O–H groups in total. The second-order valence-corrected chi connectivity index (χ2v) is 15.5. The van der Waals surface area contributed by atoms with E-state index in [1.165, 1.54) is 21.5 Å². The first-order chi connectivity index (χ1) is 27.2. The Bertz CT molecular complexity index is 2850. The van der Waals surface area contributed by atoms with Crippen molar-refractivity contribution in [2.24, 2.45) is 0 Å². The van der Waals surface area contributed by atoms with Crippen molar-refractivity contribution in [3.63, 3.8) is 0 Å². The van der Waals surface area contributed by atoms with Gasteiger partial charge in [0, 0.05) is 33.2 Å². The third-order valence-electron chi connectivity index (χ3n) is 11.5. The molecule has 0 amide bonds. The van der Waals surface area contributed by atoms with Gasteiger partial charge in [0.2, 0.25) is 0 Å². The zero-order chi connectivity index (χ0) is 38.0. The molecule has 0 saturated carbocycles. The van der Waals surface area contributed by atoms with Crippen molar-refractivity contribution in [3.8, 4) is 51.0 Å². The summed E-state index contributed by atoms with van der Waals surface area (Å²) in [6.07, 6.45) is 0. The van der Waals surface area contributed by atoms with Gasteiger partial charge in [0.25, 0.3) is 0 Å². The summed E-state index contributed by atoms with van der Waals surface area (Å²) < 4.78 is 15.7. The predicted octanol–water partition coefficient (Wildman–Crippen LogP) is 11.1.